The van der Waals surface area contributed by atoms with E-state index in [0.29, 0.717) is 0 Å². The first kappa shape index (κ1) is 20.2. The molecule has 0 unspecified atom stereocenters. The van der Waals surface area contributed by atoms with Crippen molar-refractivity contribution < 1.29 is 0 Å². The fraction of sp³-hybridized carbons (Fsp3) is 0.680. The van der Waals surface area contributed by atoms with Crippen LogP contribution in [-0.2, 0) is 12.8 Å². The molecule has 1 heteroatoms. The Bertz CT molecular complexity index is 528. The van der Waals surface area contributed by atoms with Crippen LogP contribution in [0.2, 0.25) is 0 Å². The Morgan fingerprint density at radius 3 is 1.88 bits per heavy atom. The van der Waals surface area contributed by atoms with Crippen molar-refractivity contribution in [2.45, 2.75) is 84.0 Å². The van der Waals surface area contributed by atoms with Crippen LogP contribution in [0.25, 0.3) is 0 Å². The summed E-state index contributed by atoms with van der Waals surface area (Å²) < 4.78 is 0. The van der Waals surface area contributed by atoms with Crippen molar-refractivity contribution in [3.63, 3.8) is 0 Å². The molecule has 1 aromatic carbocycles. The first-order valence-electron chi connectivity index (χ1n) is 11.1. The largest absolute Gasteiger partial charge is 0.0745 e. The molecule has 0 saturated heterocycles. The second-order valence-electron chi connectivity index (χ2n) is 8.88. The highest BCUT2D eigenvalue weighted by atomic mass is 79.9. The van der Waals surface area contributed by atoms with Crippen molar-refractivity contribution in [1.29, 1.82) is 0 Å². The third-order valence-corrected chi connectivity index (χ3v) is 7.43. The predicted molar refractivity (Wildman–Crippen MR) is 118 cm³/mol. The van der Waals surface area contributed by atoms with Crippen molar-refractivity contribution in [2.75, 3.05) is 0 Å². The van der Waals surface area contributed by atoms with E-state index >= 15 is 0 Å². The van der Waals surface area contributed by atoms with E-state index in [1.807, 2.05) is 0 Å². The van der Waals surface area contributed by atoms with Gasteiger partial charge in [-0.25, -0.2) is 0 Å². The maximum atomic E-state index is 3.44. The van der Waals surface area contributed by atoms with E-state index in [1.165, 1.54) is 82.6 Å². The molecule has 2 aliphatic rings. The molecule has 0 N–H and O–H groups in total. The Hall–Kier alpha value is -0.560. The van der Waals surface area contributed by atoms with Gasteiger partial charge in [0.15, 0.2) is 0 Å². The number of allylic oxidation sites excluding steroid dienone is 1. The first-order chi connectivity index (χ1) is 12.8. The standard InChI is InChI=1S/C25H37Br/c1-2-3-20-4-6-21(7-5-20)8-9-22-10-14-24(15-11-22)25-16-12-23(13-17-25)18-19-26/h4-7,18-19,22-25H,2-3,8-17H2,1H3. The predicted octanol–water partition coefficient (Wildman–Crippen LogP) is 8.09. The summed E-state index contributed by atoms with van der Waals surface area (Å²) in [6.07, 6.45) is 19.3. The van der Waals surface area contributed by atoms with Gasteiger partial charge in [0.2, 0.25) is 0 Å². The Balaban J connectivity index is 1.36. The zero-order chi connectivity index (χ0) is 18.2. The van der Waals surface area contributed by atoms with Crippen LogP contribution in [0.15, 0.2) is 35.3 Å². The molecule has 3 rings (SSSR count). The van der Waals surface area contributed by atoms with E-state index in [1.54, 1.807) is 5.56 Å². The molecule has 2 aliphatic carbocycles. The van der Waals surface area contributed by atoms with E-state index in [4.69, 9.17) is 0 Å². The van der Waals surface area contributed by atoms with Gasteiger partial charge in [-0.2, -0.15) is 0 Å². The lowest BCUT2D eigenvalue weighted by Gasteiger charge is -2.37. The van der Waals surface area contributed by atoms with Gasteiger partial charge in [-0.1, -0.05) is 72.5 Å². The van der Waals surface area contributed by atoms with Gasteiger partial charge in [-0.15, -0.1) is 0 Å². The fourth-order valence-corrected chi connectivity index (χ4v) is 5.82. The SMILES string of the molecule is CCCc1ccc(CCC2CCC(C3CCC(C=CBr)CC3)CC2)cc1. The second-order valence-corrected chi connectivity index (χ2v) is 9.41. The minimum Gasteiger partial charge on any atom is -0.0745 e. The topological polar surface area (TPSA) is 0 Å². The van der Waals surface area contributed by atoms with Crippen LogP contribution in [-0.4, -0.2) is 0 Å². The van der Waals surface area contributed by atoms with E-state index in [-0.39, 0.29) is 0 Å². The molecular formula is C25H37Br. The van der Waals surface area contributed by atoms with Gasteiger partial charge < -0.3 is 0 Å². The summed E-state index contributed by atoms with van der Waals surface area (Å²) in [6.45, 7) is 2.26. The Morgan fingerprint density at radius 1 is 0.808 bits per heavy atom. The minimum atomic E-state index is 0.839. The zero-order valence-corrected chi connectivity index (χ0v) is 18.2. The van der Waals surface area contributed by atoms with Crippen molar-refractivity contribution >= 4 is 15.9 Å². The molecule has 0 heterocycles. The highest BCUT2D eigenvalue weighted by Crippen LogP contribution is 2.42. The number of aryl methyl sites for hydroxylation is 2. The summed E-state index contributed by atoms with van der Waals surface area (Å²) in [5.74, 6) is 3.88. The van der Waals surface area contributed by atoms with Crippen molar-refractivity contribution in [3.8, 4) is 0 Å². The van der Waals surface area contributed by atoms with E-state index in [2.05, 4.69) is 58.2 Å². The maximum Gasteiger partial charge on any atom is -0.0225 e. The smallest absolute Gasteiger partial charge is 0.0225 e. The Labute approximate surface area is 170 Å². The molecule has 0 atom stereocenters. The number of rotatable bonds is 7. The van der Waals surface area contributed by atoms with Crippen molar-refractivity contribution in [3.05, 3.63) is 46.5 Å². The van der Waals surface area contributed by atoms with Crippen LogP contribution in [0.1, 0.15) is 82.3 Å². The van der Waals surface area contributed by atoms with Gasteiger partial charge in [-0.05, 0) is 97.6 Å². The summed E-state index contributed by atoms with van der Waals surface area (Å²) in [5.41, 5.74) is 3.04. The van der Waals surface area contributed by atoms with E-state index in [9.17, 15) is 0 Å². The Morgan fingerprint density at radius 2 is 1.35 bits per heavy atom. The molecular weight excluding hydrogens is 380 g/mol. The van der Waals surface area contributed by atoms with Gasteiger partial charge in [0, 0.05) is 0 Å². The molecule has 0 amide bonds. The number of halogens is 1. The van der Waals surface area contributed by atoms with Crippen LogP contribution in [0, 0.1) is 23.7 Å². The highest BCUT2D eigenvalue weighted by molar-refractivity contribution is 9.11. The lowest BCUT2D eigenvalue weighted by atomic mass is 9.68. The third-order valence-electron chi connectivity index (χ3n) is 7.12. The Kier molecular flexibility index (Phi) is 8.30. The lowest BCUT2D eigenvalue weighted by molar-refractivity contribution is 0.153. The van der Waals surface area contributed by atoms with Crippen LogP contribution in [0.5, 0.6) is 0 Å². The minimum absolute atomic E-state index is 0.839. The van der Waals surface area contributed by atoms with Gasteiger partial charge in [0.05, 0.1) is 0 Å². The zero-order valence-electron chi connectivity index (χ0n) is 16.6. The first-order valence-corrected chi connectivity index (χ1v) is 12.0. The average molecular weight is 417 g/mol. The number of hydrogen-bond acceptors (Lipinski definition) is 0. The molecule has 2 saturated carbocycles. The second kappa shape index (κ2) is 10.7. The van der Waals surface area contributed by atoms with Gasteiger partial charge in [0.25, 0.3) is 0 Å². The van der Waals surface area contributed by atoms with E-state index in [0.717, 1.165) is 23.7 Å². The molecule has 26 heavy (non-hydrogen) atoms. The molecule has 0 aliphatic heterocycles. The molecule has 0 bridgehead atoms. The molecule has 0 nitrogen and oxygen atoms in total. The summed E-state index contributed by atoms with van der Waals surface area (Å²) in [5, 5.41) is 0. The van der Waals surface area contributed by atoms with Crippen molar-refractivity contribution in [1.82, 2.24) is 0 Å². The molecule has 0 radical (unpaired) electrons. The average Bonchev–Trinajstić information content (AvgIpc) is 2.69. The van der Waals surface area contributed by atoms with Gasteiger partial charge in [0.1, 0.15) is 0 Å². The summed E-state index contributed by atoms with van der Waals surface area (Å²) in [4.78, 5) is 2.07. The fourth-order valence-electron chi connectivity index (χ4n) is 5.39. The molecule has 2 fully saturated rings. The van der Waals surface area contributed by atoms with E-state index < -0.39 is 0 Å². The summed E-state index contributed by atoms with van der Waals surface area (Å²) in [7, 11) is 0. The van der Waals surface area contributed by atoms with Crippen LogP contribution < -0.4 is 0 Å². The van der Waals surface area contributed by atoms with Crippen LogP contribution in [0.4, 0.5) is 0 Å². The van der Waals surface area contributed by atoms with Gasteiger partial charge in [-0.3, -0.25) is 0 Å². The van der Waals surface area contributed by atoms with Gasteiger partial charge >= 0.3 is 0 Å². The summed E-state index contributed by atoms with van der Waals surface area (Å²) in [6, 6.07) is 9.43. The normalized spacial score (nSPS) is 29.9. The third kappa shape index (κ3) is 5.98. The monoisotopic (exact) mass is 416 g/mol. The highest BCUT2D eigenvalue weighted by Gasteiger charge is 2.30. The maximum absolute atomic E-state index is 3.44. The van der Waals surface area contributed by atoms with Crippen LogP contribution >= 0.6 is 15.9 Å². The molecule has 1 aromatic rings. The molecule has 0 aromatic heterocycles. The molecule has 0 spiro atoms. The summed E-state index contributed by atoms with van der Waals surface area (Å²) >= 11 is 3.44. The number of benzene rings is 1. The molecule has 144 valence electrons. The van der Waals surface area contributed by atoms with Crippen molar-refractivity contribution in [2.24, 2.45) is 23.7 Å². The lowest BCUT2D eigenvalue weighted by Crippen LogP contribution is -2.25. The van der Waals surface area contributed by atoms with Crippen LogP contribution in [0.3, 0.4) is 0 Å². The quantitative estimate of drug-likeness (QED) is 0.420. The number of hydrogen-bond donors (Lipinski definition) is 0.